The SMILES string of the molecule is O=C1CCCC2OCC3C=CC=CC3C2C1. The van der Waals surface area contributed by atoms with Gasteiger partial charge in [0, 0.05) is 18.8 Å². The summed E-state index contributed by atoms with van der Waals surface area (Å²) >= 11 is 0. The molecule has 2 heteroatoms. The molecular weight excluding hydrogens is 200 g/mol. The molecule has 1 saturated carbocycles. The van der Waals surface area contributed by atoms with Crippen molar-refractivity contribution in [3.8, 4) is 0 Å². The number of carbonyl (C=O) groups excluding carboxylic acids is 1. The summed E-state index contributed by atoms with van der Waals surface area (Å²) < 4.78 is 5.94. The third-order valence-electron chi connectivity index (χ3n) is 4.18. The molecule has 4 atom stereocenters. The minimum Gasteiger partial charge on any atom is -0.377 e. The zero-order valence-electron chi connectivity index (χ0n) is 9.47. The Morgan fingerprint density at radius 1 is 1.25 bits per heavy atom. The Morgan fingerprint density at radius 2 is 2.12 bits per heavy atom. The highest BCUT2D eigenvalue weighted by Gasteiger charge is 2.40. The summed E-state index contributed by atoms with van der Waals surface area (Å²) in [5, 5.41) is 0. The molecule has 86 valence electrons. The summed E-state index contributed by atoms with van der Waals surface area (Å²) in [6.07, 6.45) is 12.6. The molecule has 2 nitrogen and oxygen atoms in total. The van der Waals surface area contributed by atoms with Gasteiger partial charge < -0.3 is 4.74 Å². The third kappa shape index (κ3) is 1.75. The quantitative estimate of drug-likeness (QED) is 0.624. The van der Waals surface area contributed by atoms with Crippen molar-refractivity contribution < 1.29 is 9.53 Å². The van der Waals surface area contributed by atoms with Crippen molar-refractivity contribution in [1.82, 2.24) is 0 Å². The number of rotatable bonds is 0. The lowest BCUT2D eigenvalue weighted by Crippen LogP contribution is -2.41. The van der Waals surface area contributed by atoms with Gasteiger partial charge in [0.05, 0.1) is 12.7 Å². The predicted octanol–water partition coefficient (Wildman–Crippen LogP) is 2.50. The van der Waals surface area contributed by atoms with Gasteiger partial charge >= 0.3 is 0 Å². The van der Waals surface area contributed by atoms with Gasteiger partial charge in [0.25, 0.3) is 0 Å². The van der Waals surface area contributed by atoms with Crippen LogP contribution in [0.5, 0.6) is 0 Å². The molecule has 1 saturated heterocycles. The Bertz CT molecular complexity index is 343. The highest BCUT2D eigenvalue weighted by atomic mass is 16.5. The van der Waals surface area contributed by atoms with Crippen LogP contribution >= 0.6 is 0 Å². The van der Waals surface area contributed by atoms with Gasteiger partial charge in [-0.25, -0.2) is 0 Å². The van der Waals surface area contributed by atoms with E-state index >= 15 is 0 Å². The van der Waals surface area contributed by atoms with E-state index in [1.165, 1.54) is 0 Å². The van der Waals surface area contributed by atoms with Crippen molar-refractivity contribution in [3.63, 3.8) is 0 Å². The number of ether oxygens (including phenoxy) is 1. The third-order valence-corrected chi connectivity index (χ3v) is 4.18. The second-order valence-electron chi connectivity index (χ2n) is 5.18. The van der Waals surface area contributed by atoms with Crippen LogP contribution in [0.2, 0.25) is 0 Å². The topological polar surface area (TPSA) is 26.3 Å². The number of Topliss-reactive ketones (excluding diaryl/α,β-unsaturated/α-hetero) is 1. The number of hydrogen-bond donors (Lipinski definition) is 0. The van der Waals surface area contributed by atoms with E-state index in [2.05, 4.69) is 24.3 Å². The van der Waals surface area contributed by atoms with Crippen molar-refractivity contribution in [2.24, 2.45) is 17.8 Å². The van der Waals surface area contributed by atoms with Crippen LogP contribution in [0.4, 0.5) is 0 Å². The van der Waals surface area contributed by atoms with Crippen molar-refractivity contribution in [3.05, 3.63) is 24.3 Å². The van der Waals surface area contributed by atoms with Crippen LogP contribution < -0.4 is 0 Å². The van der Waals surface area contributed by atoms with Crippen molar-refractivity contribution >= 4 is 5.78 Å². The molecule has 3 aliphatic rings. The second kappa shape index (κ2) is 4.17. The lowest BCUT2D eigenvalue weighted by Gasteiger charge is -2.41. The molecule has 0 spiro atoms. The molecular formula is C14H18O2. The Balaban J connectivity index is 1.84. The fourth-order valence-corrected chi connectivity index (χ4v) is 3.33. The fraction of sp³-hybridized carbons (Fsp3) is 0.643. The van der Waals surface area contributed by atoms with Crippen LogP contribution in [-0.2, 0) is 9.53 Å². The van der Waals surface area contributed by atoms with Gasteiger partial charge in [0.1, 0.15) is 5.78 Å². The Morgan fingerprint density at radius 3 is 3.06 bits per heavy atom. The Hall–Kier alpha value is -0.890. The number of allylic oxidation sites excluding steroid dienone is 3. The van der Waals surface area contributed by atoms with E-state index in [4.69, 9.17) is 4.74 Å². The molecule has 0 N–H and O–H groups in total. The summed E-state index contributed by atoms with van der Waals surface area (Å²) in [6.45, 7) is 0.834. The first kappa shape index (κ1) is 10.3. The van der Waals surface area contributed by atoms with E-state index < -0.39 is 0 Å². The average molecular weight is 218 g/mol. The molecule has 3 rings (SSSR count). The lowest BCUT2D eigenvalue weighted by atomic mass is 9.73. The normalized spacial score (nSPS) is 42.4. The summed E-state index contributed by atoms with van der Waals surface area (Å²) in [7, 11) is 0. The summed E-state index contributed by atoms with van der Waals surface area (Å²) in [6, 6.07) is 0. The van der Waals surface area contributed by atoms with Crippen LogP contribution in [0.25, 0.3) is 0 Å². The molecule has 0 amide bonds. The first-order chi connectivity index (χ1) is 7.84. The number of fused-ring (bicyclic) bond motifs is 3. The molecule has 0 aromatic heterocycles. The highest BCUT2D eigenvalue weighted by molar-refractivity contribution is 5.79. The van der Waals surface area contributed by atoms with Gasteiger partial charge in [-0.05, 0) is 24.7 Å². The maximum Gasteiger partial charge on any atom is 0.133 e. The first-order valence-corrected chi connectivity index (χ1v) is 6.33. The fourth-order valence-electron chi connectivity index (χ4n) is 3.33. The predicted molar refractivity (Wildman–Crippen MR) is 62.0 cm³/mol. The number of hydrogen-bond acceptors (Lipinski definition) is 2. The lowest BCUT2D eigenvalue weighted by molar-refractivity contribution is -0.123. The molecule has 1 heterocycles. The summed E-state index contributed by atoms with van der Waals surface area (Å²) in [5.41, 5.74) is 0. The maximum absolute atomic E-state index is 11.7. The van der Waals surface area contributed by atoms with Gasteiger partial charge in [-0.1, -0.05) is 24.3 Å². The van der Waals surface area contributed by atoms with E-state index in [-0.39, 0.29) is 0 Å². The van der Waals surface area contributed by atoms with E-state index in [9.17, 15) is 4.79 Å². The average Bonchev–Trinajstić information content (AvgIpc) is 2.50. The molecule has 4 unspecified atom stereocenters. The monoisotopic (exact) mass is 218 g/mol. The van der Waals surface area contributed by atoms with Gasteiger partial charge in [0.2, 0.25) is 0 Å². The van der Waals surface area contributed by atoms with Gasteiger partial charge in [-0.3, -0.25) is 4.79 Å². The highest BCUT2D eigenvalue weighted by Crippen LogP contribution is 2.40. The first-order valence-electron chi connectivity index (χ1n) is 6.33. The van der Waals surface area contributed by atoms with Crippen molar-refractivity contribution in [2.75, 3.05) is 6.61 Å². The van der Waals surface area contributed by atoms with Crippen molar-refractivity contribution in [2.45, 2.75) is 31.8 Å². The van der Waals surface area contributed by atoms with Crippen LogP contribution in [0.1, 0.15) is 25.7 Å². The molecule has 2 fully saturated rings. The minimum absolute atomic E-state index is 0.323. The maximum atomic E-state index is 11.7. The van der Waals surface area contributed by atoms with Crippen LogP contribution in [0.3, 0.4) is 0 Å². The van der Waals surface area contributed by atoms with Gasteiger partial charge in [-0.2, -0.15) is 0 Å². The molecule has 0 radical (unpaired) electrons. The number of ketones is 1. The zero-order chi connectivity index (χ0) is 11.0. The molecule has 1 aliphatic heterocycles. The van der Waals surface area contributed by atoms with Crippen LogP contribution in [0.15, 0.2) is 24.3 Å². The zero-order valence-corrected chi connectivity index (χ0v) is 9.47. The largest absolute Gasteiger partial charge is 0.377 e. The van der Waals surface area contributed by atoms with E-state index in [1.54, 1.807) is 0 Å². The second-order valence-corrected chi connectivity index (χ2v) is 5.18. The van der Waals surface area contributed by atoms with E-state index in [0.29, 0.717) is 29.6 Å². The van der Waals surface area contributed by atoms with Gasteiger partial charge in [-0.15, -0.1) is 0 Å². The minimum atomic E-state index is 0.323. The standard InChI is InChI=1S/C14H18O2/c15-11-5-3-7-14-13(8-11)12-6-2-1-4-10(12)9-16-14/h1-2,4,6,10,12-14H,3,5,7-9H2. The van der Waals surface area contributed by atoms with Gasteiger partial charge in [0.15, 0.2) is 0 Å². The Labute approximate surface area is 96.4 Å². The molecule has 0 bridgehead atoms. The molecule has 0 aromatic rings. The molecule has 0 aromatic carbocycles. The van der Waals surface area contributed by atoms with Crippen molar-refractivity contribution in [1.29, 1.82) is 0 Å². The summed E-state index contributed by atoms with van der Waals surface area (Å²) in [5.74, 6) is 1.89. The van der Waals surface area contributed by atoms with E-state index in [1.807, 2.05) is 0 Å². The molecule has 2 aliphatic carbocycles. The van der Waals surface area contributed by atoms with Crippen LogP contribution in [-0.4, -0.2) is 18.5 Å². The molecule has 16 heavy (non-hydrogen) atoms. The van der Waals surface area contributed by atoms with Crippen LogP contribution in [0, 0.1) is 17.8 Å². The summed E-state index contributed by atoms with van der Waals surface area (Å²) in [4.78, 5) is 11.7. The Kier molecular flexibility index (Phi) is 2.68. The van der Waals surface area contributed by atoms with E-state index in [0.717, 1.165) is 32.3 Å². The smallest absolute Gasteiger partial charge is 0.133 e. The number of carbonyl (C=O) groups is 1.